The molecule has 0 atom stereocenters. The molecule has 0 spiro atoms. The number of aryl methyl sites for hydroxylation is 1. The number of hydrogen-bond donors (Lipinski definition) is 3. The zero-order valence-corrected chi connectivity index (χ0v) is 10.7. The van der Waals surface area contributed by atoms with E-state index in [1.807, 2.05) is 25.1 Å². The highest BCUT2D eigenvalue weighted by molar-refractivity contribution is 6.00. The molecule has 0 bridgehead atoms. The third-order valence-electron chi connectivity index (χ3n) is 2.72. The number of aliphatic hydroxyl groups is 1. The van der Waals surface area contributed by atoms with Gasteiger partial charge in [0.2, 0.25) is 0 Å². The molecule has 0 aromatic heterocycles. The summed E-state index contributed by atoms with van der Waals surface area (Å²) >= 11 is 0. The monoisotopic (exact) mass is 235 g/mol. The molecule has 0 aliphatic rings. The van der Waals surface area contributed by atoms with E-state index in [2.05, 4.69) is 18.7 Å². The van der Waals surface area contributed by atoms with Crippen molar-refractivity contribution < 1.29 is 5.11 Å². The minimum atomic E-state index is 0.0589. The Hall–Kier alpha value is -1.55. The van der Waals surface area contributed by atoms with Crippen molar-refractivity contribution in [1.82, 2.24) is 0 Å². The quantitative estimate of drug-likeness (QED) is 0.534. The zero-order chi connectivity index (χ0) is 13.0. The Morgan fingerprint density at radius 2 is 2.12 bits per heavy atom. The van der Waals surface area contributed by atoms with Crippen LogP contribution in [-0.2, 0) is 0 Å². The third kappa shape index (κ3) is 3.20. The number of amidine groups is 1. The maximum Gasteiger partial charge on any atom is 0.124 e. The Morgan fingerprint density at radius 3 is 2.59 bits per heavy atom. The maximum atomic E-state index is 9.12. The largest absolute Gasteiger partial charge is 0.395 e. The Kier molecular flexibility index (Phi) is 4.52. The Labute approximate surface area is 103 Å². The minimum absolute atomic E-state index is 0.0589. The number of nitrogen functional groups attached to an aromatic ring is 1. The van der Waals surface area contributed by atoms with Crippen molar-refractivity contribution in [3.8, 4) is 0 Å². The van der Waals surface area contributed by atoms with Crippen molar-refractivity contribution >= 4 is 11.5 Å². The summed E-state index contributed by atoms with van der Waals surface area (Å²) in [6.07, 6.45) is 0. The number of aliphatic hydroxyl groups excluding tert-OH is 1. The van der Waals surface area contributed by atoms with E-state index in [9.17, 15) is 0 Å². The zero-order valence-electron chi connectivity index (χ0n) is 10.7. The minimum Gasteiger partial charge on any atom is -0.395 e. The van der Waals surface area contributed by atoms with Gasteiger partial charge in [0.05, 0.1) is 6.61 Å². The van der Waals surface area contributed by atoms with Crippen molar-refractivity contribution in [1.29, 1.82) is 5.41 Å². The molecule has 17 heavy (non-hydrogen) atoms. The first-order chi connectivity index (χ1) is 7.97. The van der Waals surface area contributed by atoms with Crippen molar-refractivity contribution in [3.63, 3.8) is 0 Å². The van der Waals surface area contributed by atoms with Crippen LogP contribution >= 0.6 is 0 Å². The molecule has 1 aromatic rings. The first-order valence-electron chi connectivity index (χ1n) is 5.80. The lowest BCUT2D eigenvalue weighted by atomic mass is 10.1. The van der Waals surface area contributed by atoms with E-state index in [0.29, 0.717) is 6.54 Å². The van der Waals surface area contributed by atoms with Gasteiger partial charge in [-0.2, -0.15) is 0 Å². The second-order valence-electron chi connectivity index (χ2n) is 4.45. The number of nitrogens with zero attached hydrogens (tertiary/aromatic N) is 1. The van der Waals surface area contributed by atoms with E-state index < -0.39 is 0 Å². The van der Waals surface area contributed by atoms with E-state index in [1.165, 1.54) is 0 Å². The lowest BCUT2D eigenvalue weighted by Crippen LogP contribution is -2.35. The van der Waals surface area contributed by atoms with Crippen LogP contribution in [-0.4, -0.2) is 30.1 Å². The molecule has 0 fully saturated rings. The summed E-state index contributed by atoms with van der Waals surface area (Å²) in [4.78, 5) is 2.06. The SMILES string of the molecule is Cc1ccc(C(=N)N)c(N(CCO)C(C)C)c1. The Bertz CT molecular complexity index is 402. The summed E-state index contributed by atoms with van der Waals surface area (Å²) in [5.41, 5.74) is 8.35. The predicted molar refractivity (Wildman–Crippen MR) is 71.8 cm³/mol. The van der Waals surface area contributed by atoms with Gasteiger partial charge >= 0.3 is 0 Å². The topological polar surface area (TPSA) is 73.3 Å². The van der Waals surface area contributed by atoms with Crippen LogP contribution in [0.5, 0.6) is 0 Å². The smallest absolute Gasteiger partial charge is 0.124 e. The van der Waals surface area contributed by atoms with Crippen molar-refractivity contribution in [2.75, 3.05) is 18.1 Å². The highest BCUT2D eigenvalue weighted by atomic mass is 16.3. The summed E-state index contributed by atoms with van der Waals surface area (Å²) in [7, 11) is 0. The first kappa shape index (κ1) is 13.5. The normalized spacial score (nSPS) is 10.6. The van der Waals surface area contributed by atoms with Crippen LogP contribution in [0.25, 0.3) is 0 Å². The highest BCUT2D eigenvalue weighted by Crippen LogP contribution is 2.23. The molecule has 0 saturated carbocycles. The molecule has 0 aliphatic heterocycles. The summed E-state index contributed by atoms with van der Waals surface area (Å²) in [6, 6.07) is 6.06. The van der Waals surface area contributed by atoms with Gasteiger partial charge < -0.3 is 15.7 Å². The first-order valence-corrected chi connectivity index (χ1v) is 5.80. The summed E-state index contributed by atoms with van der Waals surface area (Å²) in [5, 5.41) is 16.7. The molecule has 1 aromatic carbocycles. The second-order valence-corrected chi connectivity index (χ2v) is 4.45. The number of anilines is 1. The average molecular weight is 235 g/mol. The predicted octanol–water partition coefficient (Wildman–Crippen LogP) is 1.49. The van der Waals surface area contributed by atoms with Gasteiger partial charge in [-0.15, -0.1) is 0 Å². The van der Waals surface area contributed by atoms with Crippen LogP contribution in [0.2, 0.25) is 0 Å². The van der Waals surface area contributed by atoms with Crippen molar-refractivity contribution in [2.24, 2.45) is 5.73 Å². The van der Waals surface area contributed by atoms with Gasteiger partial charge in [-0.3, -0.25) is 5.41 Å². The molecule has 0 saturated heterocycles. The molecule has 4 nitrogen and oxygen atoms in total. The lowest BCUT2D eigenvalue weighted by Gasteiger charge is -2.30. The molecule has 1 rings (SSSR count). The van der Waals surface area contributed by atoms with E-state index in [4.69, 9.17) is 16.2 Å². The van der Waals surface area contributed by atoms with Gasteiger partial charge in [-0.1, -0.05) is 6.07 Å². The fraction of sp³-hybridized carbons (Fsp3) is 0.462. The van der Waals surface area contributed by atoms with Crippen LogP contribution in [0.4, 0.5) is 5.69 Å². The highest BCUT2D eigenvalue weighted by Gasteiger charge is 2.15. The molecule has 0 unspecified atom stereocenters. The van der Waals surface area contributed by atoms with E-state index >= 15 is 0 Å². The van der Waals surface area contributed by atoms with Gasteiger partial charge in [0.15, 0.2) is 0 Å². The van der Waals surface area contributed by atoms with Gasteiger partial charge in [0.1, 0.15) is 5.84 Å². The van der Waals surface area contributed by atoms with Gasteiger partial charge in [0, 0.05) is 23.8 Å². The lowest BCUT2D eigenvalue weighted by molar-refractivity contribution is 0.299. The molecule has 0 amide bonds. The Balaban J connectivity index is 3.24. The summed E-state index contributed by atoms with van der Waals surface area (Å²) < 4.78 is 0. The molecule has 4 heteroatoms. The molecule has 0 radical (unpaired) electrons. The molecule has 0 aliphatic carbocycles. The Morgan fingerprint density at radius 1 is 1.47 bits per heavy atom. The van der Waals surface area contributed by atoms with Crippen LogP contribution in [0.15, 0.2) is 18.2 Å². The van der Waals surface area contributed by atoms with Gasteiger partial charge in [0.25, 0.3) is 0 Å². The average Bonchev–Trinajstić information content (AvgIpc) is 2.24. The number of benzene rings is 1. The number of rotatable bonds is 5. The summed E-state index contributed by atoms with van der Waals surface area (Å²) in [6.45, 7) is 6.75. The van der Waals surface area contributed by atoms with Crippen molar-refractivity contribution in [2.45, 2.75) is 26.8 Å². The standard InChI is InChI=1S/C13H21N3O/c1-9(2)16(6-7-17)12-8-10(3)4-5-11(12)13(14)15/h4-5,8-9,17H,6-7H2,1-3H3,(H3,14,15). The molecule has 4 N–H and O–H groups in total. The fourth-order valence-electron chi connectivity index (χ4n) is 1.87. The van der Waals surface area contributed by atoms with Crippen LogP contribution in [0.3, 0.4) is 0 Å². The van der Waals surface area contributed by atoms with E-state index in [1.54, 1.807) is 0 Å². The van der Waals surface area contributed by atoms with Gasteiger partial charge in [-0.25, -0.2) is 0 Å². The summed E-state index contributed by atoms with van der Waals surface area (Å²) in [5.74, 6) is 0.0589. The number of hydrogen-bond acceptors (Lipinski definition) is 3. The molecule has 0 heterocycles. The molecule has 94 valence electrons. The van der Waals surface area contributed by atoms with Crippen LogP contribution in [0.1, 0.15) is 25.0 Å². The van der Waals surface area contributed by atoms with Crippen LogP contribution < -0.4 is 10.6 Å². The van der Waals surface area contributed by atoms with Crippen LogP contribution in [0, 0.1) is 12.3 Å². The van der Waals surface area contributed by atoms with Crippen molar-refractivity contribution in [3.05, 3.63) is 29.3 Å². The second kappa shape index (κ2) is 5.68. The van der Waals surface area contributed by atoms with Gasteiger partial charge in [-0.05, 0) is 38.5 Å². The van der Waals surface area contributed by atoms with E-state index in [0.717, 1.165) is 16.8 Å². The molecular formula is C13H21N3O. The number of nitrogens with two attached hydrogens (primary N) is 1. The third-order valence-corrected chi connectivity index (χ3v) is 2.72. The maximum absolute atomic E-state index is 9.12. The fourth-order valence-corrected chi connectivity index (χ4v) is 1.87. The number of nitrogens with one attached hydrogen (secondary N) is 1. The van der Waals surface area contributed by atoms with E-state index in [-0.39, 0.29) is 18.5 Å². The molecular weight excluding hydrogens is 214 g/mol.